The molecule has 0 bridgehead atoms. The number of hydrogen-bond donors (Lipinski definition) is 1. The van der Waals surface area contributed by atoms with Crippen molar-refractivity contribution in [2.45, 2.75) is 6.54 Å². The Kier molecular flexibility index (Phi) is 2.56. The van der Waals surface area contributed by atoms with Crippen LogP contribution in [0.5, 0.6) is 0 Å². The molecule has 0 saturated carbocycles. The van der Waals surface area contributed by atoms with Crippen molar-refractivity contribution in [1.82, 2.24) is 9.88 Å². The molecule has 3 nitrogen and oxygen atoms in total. The van der Waals surface area contributed by atoms with Gasteiger partial charge in [-0.25, -0.2) is 4.98 Å². The van der Waals surface area contributed by atoms with E-state index in [1.807, 2.05) is 32.3 Å². The van der Waals surface area contributed by atoms with Crippen molar-refractivity contribution < 1.29 is 0 Å². The molecule has 1 heterocycles. The number of para-hydroxylation sites is 1. The Morgan fingerprint density at radius 1 is 1.27 bits per heavy atom. The third-order valence-corrected chi connectivity index (χ3v) is 2.32. The summed E-state index contributed by atoms with van der Waals surface area (Å²) >= 11 is 0. The summed E-state index contributed by atoms with van der Waals surface area (Å²) < 4.78 is 0. The van der Waals surface area contributed by atoms with Gasteiger partial charge in [-0.2, -0.15) is 0 Å². The van der Waals surface area contributed by atoms with Crippen molar-refractivity contribution in [1.29, 1.82) is 0 Å². The van der Waals surface area contributed by atoms with Crippen molar-refractivity contribution in [2.75, 3.05) is 19.8 Å². The van der Waals surface area contributed by atoms with Crippen LogP contribution in [0.4, 0.5) is 5.82 Å². The number of nitrogens with zero attached hydrogens (tertiary/aromatic N) is 2. The summed E-state index contributed by atoms with van der Waals surface area (Å²) in [5.74, 6) is 0.627. The van der Waals surface area contributed by atoms with Crippen LogP contribution in [0.3, 0.4) is 0 Å². The van der Waals surface area contributed by atoms with Gasteiger partial charge in [0, 0.05) is 17.5 Å². The second-order valence-corrected chi connectivity index (χ2v) is 3.96. The average molecular weight is 201 g/mol. The van der Waals surface area contributed by atoms with Gasteiger partial charge in [0.2, 0.25) is 0 Å². The molecule has 1 aromatic heterocycles. The van der Waals surface area contributed by atoms with Gasteiger partial charge in [0.05, 0.1) is 5.52 Å². The lowest BCUT2D eigenvalue weighted by Gasteiger charge is -2.12. The number of rotatable bonds is 2. The summed E-state index contributed by atoms with van der Waals surface area (Å²) in [7, 11) is 4.04. The highest BCUT2D eigenvalue weighted by Gasteiger charge is 2.04. The van der Waals surface area contributed by atoms with Gasteiger partial charge in [0.1, 0.15) is 5.82 Å². The highest BCUT2D eigenvalue weighted by Crippen LogP contribution is 2.18. The highest BCUT2D eigenvalue weighted by atomic mass is 15.1. The molecule has 78 valence electrons. The van der Waals surface area contributed by atoms with Gasteiger partial charge in [0.25, 0.3) is 0 Å². The molecule has 0 radical (unpaired) electrons. The van der Waals surface area contributed by atoms with Gasteiger partial charge in [-0.05, 0) is 26.2 Å². The predicted octanol–water partition coefficient (Wildman–Crippen LogP) is 1.88. The summed E-state index contributed by atoms with van der Waals surface area (Å²) in [5.41, 5.74) is 7.94. The fraction of sp³-hybridized carbons (Fsp3) is 0.250. The lowest BCUT2D eigenvalue weighted by molar-refractivity contribution is 0.403. The van der Waals surface area contributed by atoms with Crippen LogP contribution in [0.2, 0.25) is 0 Å². The van der Waals surface area contributed by atoms with Crippen LogP contribution in [0.15, 0.2) is 30.3 Å². The molecular weight excluding hydrogens is 186 g/mol. The summed E-state index contributed by atoms with van der Waals surface area (Å²) in [5, 5.41) is 1.14. The van der Waals surface area contributed by atoms with Crippen LogP contribution in [0.1, 0.15) is 5.56 Å². The van der Waals surface area contributed by atoms with Crippen molar-refractivity contribution in [3.8, 4) is 0 Å². The first-order valence-electron chi connectivity index (χ1n) is 4.95. The van der Waals surface area contributed by atoms with Gasteiger partial charge in [-0.15, -0.1) is 0 Å². The minimum atomic E-state index is 0.627. The molecule has 2 rings (SSSR count). The summed E-state index contributed by atoms with van der Waals surface area (Å²) in [6, 6.07) is 10.1. The van der Waals surface area contributed by atoms with E-state index in [1.54, 1.807) is 0 Å². The molecule has 1 aromatic carbocycles. The first kappa shape index (κ1) is 9.93. The normalized spacial score (nSPS) is 11.1. The monoisotopic (exact) mass is 201 g/mol. The van der Waals surface area contributed by atoms with Gasteiger partial charge < -0.3 is 10.6 Å². The Labute approximate surface area is 89.5 Å². The number of aromatic nitrogens is 1. The molecule has 0 unspecified atom stereocenters. The molecule has 3 heteroatoms. The van der Waals surface area contributed by atoms with Crippen LogP contribution >= 0.6 is 0 Å². The fourth-order valence-corrected chi connectivity index (χ4v) is 1.64. The Morgan fingerprint density at radius 3 is 2.73 bits per heavy atom. The highest BCUT2D eigenvalue weighted by molar-refractivity contribution is 5.81. The molecule has 2 aromatic rings. The number of fused-ring (bicyclic) bond motifs is 1. The largest absolute Gasteiger partial charge is 0.383 e. The van der Waals surface area contributed by atoms with Gasteiger partial charge in [0.15, 0.2) is 0 Å². The lowest BCUT2D eigenvalue weighted by Crippen LogP contribution is -2.12. The Balaban J connectivity index is 2.52. The lowest BCUT2D eigenvalue weighted by atomic mass is 10.1. The average Bonchev–Trinajstić information content (AvgIpc) is 2.18. The van der Waals surface area contributed by atoms with E-state index >= 15 is 0 Å². The second-order valence-electron chi connectivity index (χ2n) is 3.96. The quantitative estimate of drug-likeness (QED) is 0.806. The van der Waals surface area contributed by atoms with Crippen molar-refractivity contribution in [2.24, 2.45) is 0 Å². The van der Waals surface area contributed by atoms with E-state index < -0.39 is 0 Å². The molecule has 0 aliphatic carbocycles. The molecule has 0 atom stereocenters. The van der Waals surface area contributed by atoms with E-state index in [9.17, 15) is 0 Å². The zero-order valence-corrected chi connectivity index (χ0v) is 9.07. The smallest absolute Gasteiger partial charge is 0.128 e. The molecule has 0 saturated heterocycles. The van der Waals surface area contributed by atoms with E-state index in [0.717, 1.165) is 23.0 Å². The zero-order chi connectivity index (χ0) is 10.8. The number of pyridine rings is 1. The number of hydrogen-bond acceptors (Lipinski definition) is 3. The molecule has 2 N–H and O–H groups in total. The molecule has 0 aliphatic rings. The third-order valence-electron chi connectivity index (χ3n) is 2.32. The molecule has 0 aliphatic heterocycles. The minimum absolute atomic E-state index is 0.627. The first-order valence-corrected chi connectivity index (χ1v) is 4.95. The van der Waals surface area contributed by atoms with Crippen LogP contribution in [-0.4, -0.2) is 24.0 Å². The Hall–Kier alpha value is -1.61. The zero-order valence-electron chi connectivity index (χ0n) is 9.07. The number of nitrogens with two attached hydrogens (primary N) is 1. The molecule has 0 spiro atoms. The molecular formula is C12H15N3. The summed E-state index contributed by atoms with van der Waals surface area (Å²) in [4.78, 5) is 6.47. The van der Waals surface area contributed by atoms with Crippen molar-refractivity contribution >= 4 is 16.7 Å². The standard InChI is InChI=1S/C12H15N3/c1-15(2)8-10-7-9-5-3-4-6-11(9)14-12(10)13/h3-7H,8H2,1-2H3,(H2,13,14). The van der Waals surface area contributed by atoms with Gasteiger partial charge in [-0.3, -0.25) is 0 Å². The molecule has 15 heavy (non-hydrogen) atoms. The topological polar surface area (TPSA) is 42.2 Å². The van der Waals surface area contributed by atoms with Gasteiger partial charge in [-0.1, -0.05) is 18.2 Å². The molecule has 0 amide bonds. The van der Waals surface area contributed by atoms with Crippen LogP contribution in [0, 0.1) is 0 Å². The summed E-state index contributed by atoms with van der Waals surface area (Å²) in [6.45, 7) is 0.823. The van der Waals surface area contributed by atoms with Crippen molar-refractivity contribution in [3.05, 3.63) is 35.9 Å². The Bertz CT molecular complexity index is 477. The SMILES string of the molecule is CN(C)Cc1cc2ccccc2nc1N. The maximum absolute atomic E-state index is 5.90. The van der Waals surface area contributed by atoms with Crippen molar-refractivity contribution in [3.63, 3.8) is 0 Å². The maximum Gasteiger partial charge on any atom is 0.128 e. The van der Waals surface area contributed by atoms with E-state index in [2.05, 4.69) is 22.0 Å². The first-order chi connectivity index (χ1) is 7.16. The van der Waals surface area contributed by atoms with Crippen LogP contribution in [-0.2, 0) is 6.54 Å². The summed E-state index contributed by atoms with van der Waals surface area (Å²) in [6.07, 6.45) is 0. The maximum atomic E-state index is 5.90. The van der Waals surface area contributed by atoms with Gasteiger partial charge >= 0.3 is 0 Å². The van der Waals surface area contributed by atoms with E-state index in [-0.39, 0.29) is 0 Å². The third kappa shape index (κ3) is 2.07. The second kappa shape index (κ2) is 3.87. The number of anilines is 1. The Morgan fingerprint density at radius 2 is 2.00 bits per heavy atom. The van der Waals surface area contributed by atoms with E-state index in [4.69, 9.17) is 5.73 Å². The predicted molar refractivity (Wildman–Crippen MR) is 63.5 cm³/mol. The van der Waals surface area contributed by atoms with Crippen LogP contribution < -0.4 is 5.73 Å². The van der Waals surface area contributed by atoms with E-state index in [1.165, 1.54) is 0 Å². The molecule has 0 fully saturated rings. The number of nitrogen functional groups attached to an aromatic ring is 1. The fourth-order valence-electron chi connectivity index (χ4n) is 1.64. The minimum Gasteiger partial charge on any atom is -0.383 e. The van der Waals surface area contributed by atoms with Crippen LogP contribution in [0.25, 0.3) is 10.9 Å². The van der Waals surface area contributed by atoms with E-state index in [0.29, 0.717) is 5.82 Å². The number of benzene rings is 1.